The zero-order valence-corrected chi connectivity index (χ0v) is 14.2. The van der Waals surface area contributed by atoms with Crippen molar-refractivity contribution < 1.29 is 0 Å². The first-order chi connectivity index (χ1) is 11.6. The number of benzene rings is 1. The molecule has 2 aliphatic rings. The smallest absolute Gasteiger partial charge is 0.159 e. The van der Waals surface area contributed by atoms with Crippen LogP contribution in [0, 0.1) is 12.3 Å². The Morgan fingerprint density at radius 3 is 2.79 bits per heavy atom. The third-order valence-electron chi connectivity index (χ3n) is 4.44. The van der Waals surface area contributed by atoms with E-state index in [2.05, 4.69) is 77.2 Å². The molecule has 1 aliphatic carbocycles. The van der Waals surface area contributed by atoms with Crippen LogP contribution < -0.4 is 0 Å². The molecule has 0 saturated carbocycles. The van der Waals surface area contributed by atoms with Gasteiger partial charge >= 0.3 is 0 Å². The van der Waals surface area contributed by atoms with Crippen LogP contribution in [0.1, 0.15) is 31.1 Å². The van der Waals surface area contributed by atoms with Crippen LogP contribution >= 0.6 is 0 Å². The Balaban J connectivity index is 1.89. The summed E-state index contributed by atoms with van der Waals surface area (Å²) in [5.41, 5.74) is 4.39. The molecule has 0 bridgehead atoms. The fourth-order valence-electron chi connectivity index (χ4n) is 3.15. The Morgan fingerprint density at radius 1 is 1.08 bits per heavy atom. The minimum absolute atomic E-state index is 0.0520. The van der Waals surface area contributed by atoms with E-state index < -0.39 is 0 Å². The molecular weight excluding hydrogens is 296 g/mol. The van der Waals surface area contributed by atoms with Crippen LogP contribution in [0.15, 0.2) is 65.2 Å². The Bertz CT molecular complexity index is 923. The van der Waals surface area contributed by atoms with E-state index in [4.69, 9.17) is 4.99 Å². The SMILES string of the molecule is Cc1nnc2n1-c1ccccc1C(C1=CC=CC(C)(C)C=C1)=NC2. The van der Waals surface area contributed by atoms with Crippen molar-refractivity contribution in [3.63, 3.8) is 0 Å². The van der Waals surface area contributed by atoms with Crippen LogP contribution in [0.2, 0.25) is 0 Å². The van der Waals surface area contributed by atoms with Gasteiger partial charge in [-0.1, -0.05) is 62.4 Å². The molecule has 4 nitrogen and oxygen atoms in total. The van der Waals surface area contributed by atoms with Crippen LogP contribution in [0.25, 0.3) is 5.69 Å². The monoisotopic (exact) mass is 316 g/mol. The van der Waals surface area contributed by atoms with Crippen LogP contribution in [-0.4, -0.2) is 20.5 Å². The van der Waals surface area contributed by atoms with Crippen molar-refractivity contribution in [3.8, 4) is 5.69 Å². The summed E-state index contributed by atoms with van der Waals surface area (Å²) in [5.74, 6) is 1.77. The molecule has 4 rings (SSSR count). The maximum Gasteiger partial charge on any atom is 0.159 e. The van der Waals surface area contributed by atoms with Gasteiger partial charge in [0.1, 0.15) is 12.4 Å². The zero-order chi connectivity index (χ0) is 16.7. The van der Waals surface area contributed by atoms with Crippen molar-refractivity contribution in [1.82, 2.24) is 14.8 Å². The molecule has 0 atom stereocenters. The third kappa shape index (κ3) is 2.44. The molecular formula is C20H20N4. The second kappa shape index (κ2) is 5.41. The largest absolute Gasteiger partial charge is 0.281 e. The van der Waals surface area contributed by atoms with Gasteiger partial charge in [-0.15, -0.1) is 10.2 Å². The number of para-hydroxylation sites is 1. The lowest BCUT2D eigenvalue weighted by atomic mass is 9.92. The molecule has 0 fully saturated rings. The second-order valence-corrected chi connectivity index (χ2v) is 6.82. The van der Waals surface area contributed by atoms with Crippen molar-refractivity contribution in [1.29, 1.82) is 0 Å². The summed E-state index contributed by atoms with van der Waals surface area (Å²) in [6.45, 7) is 6.91. The summed E-state index contributed by atoms with van der Waals surface area (Å²) in [6, 6.07) is 8.33. The lowest BCUT2D eigenvalue weighted by Crippen LogP contribution is -2.08. The average molecular weight is 316 g/mol. The second-order valence-electron chi connectivity index (χ2n) is 6.82. The molecule has 1 aromatic heterocycles. The minimum atomic E-state index is 0.0520. The van der Waals surface area contributed by atoms with E-state index in [0.717, 1.165) is 34.2 Å². The summed E-state index contributed by atoms with van der Waals surface area (Å²) in [6.07, 6.45) is 10.9. The highest BCUT2D eigenvalue weighted by Crippen LogP contribution is 2.28. The topological polar surface area (TPSA) is 43.1 Å². The van der Waals surface area contributed by atoms with Gasteiger partial charge in [0, 0.05) is 16.6 Å². The molecule has 0 saturated heterocycles. The first-order valence-electron chi connectivity index (χ1n) is 8.19. The fourth-order valence-corrected chi connectivity index (χ4v) is 3.15. The third-order valence-corrected chi connectivity index (χ3v) is 4.44. The Labute approximate surface area is 142 Å². The van der Waals surface area contributed by atoms with Gasteiger partial charge in [0.25, 0.3) is 0 Å². The summed E-state index contributed by atoms with van der Waals surface area (Å²) in [7, 11) is 0. The van der Waals surface area contributed by atoms with Crippen molar-refractivity contribution in [2.75, 3.05) is 0 Å². The number of hydrogen-bond donors (Lipinski definition) is 0. The first-order valence-corrected chi connectivity index (χ1v) is 8.19. The summed E-state index contributed by atoms with van der Waals surface area (Å²) < 4.78 is 2.10. The predicted octanol–water partition coefficient (Wildman–Crippen LogP) is 3.96. The van der Waals surface area contributed by atoms with E-state index in [1.165, 1.54) is 0 Å². The average Bonchev–Trinajstić information content (AvgIpc) is 2.73. The van der Waals surface area contributed by atoms with E-state index in [-0.39, 0.29) is 5.41 Å². The fraction of sp³-hybridized carbons (Fsp3) is 0.250. The molecule has 0 spiro atoms. The predicted molar refractivity (Wildman–Crippen MR) is 96.5 cm³/mol. The van der Waals surface area contributed by atoms with Crippen LogP contribution in [0.3, 0.4) is 0 Å². The first kappa shape index (κ1) is 14.8. The number of fused-ring (bicyclic) bond motifs is 3. The highest BCUT2D eigenvalue weighted by molar-refractivity contribution is 6.16. The van der Waals surface area contributed by atoms with Gasteiger partial charge in [-0.05, 0) is 13.0 Å². The van der Waals surface area contributed by atoms with Gasteiger partial charge in [-0.2, -0.15) is 0 Å². The maximum atomic E-state index is 4.87. The minimum Gasteiger partial charge on any atom is -0.281 e. The van der Waals surface area contributed by atoms with Crippen LogP contribution in [-0.2, 0) is 6.54 Å². The number of nitrogens with zero attached hydrogens (tertiary/aromatic N) is 4. The lowest BCUT2D eigenvalue weighted by molar-refractivity contribution is 0.627. The number of rotatable bonds is 1. The highest BCUT2D eigenvalue weighted by Gasteiger charge is 2.22. The van der Waals surface area contributed by atoms with E-state index >= 15 is 0 Å². The van der Waals surface area contributed by atoms with Crippen molar-refractivity contribution in [3.05, 3.63) is 77.4 Å². The number of aromatic nitrogens is 3. The number of aryl methyl sites for hydroxylation is 1. The Kier molecular flexibility index (Phi) is 3.34. The van der Waals surface area contributed by atoms with E-state index in [1.807, 2.05) is 13.0 Å². The van der Waals surface area contributed by atoms with Crippen molar-refractivity contribution >= 4 is 5.71 Å². The van der Waals surface area contributed by atoms with Crippen molar-refractivity contribution in [2.45, 2.75) is 27.3 Å². The maximum absolute atomic E-state index is 4.87. The molecule has 1 aromatic carbocycles. The summed E-state index contributed by atoms with van der Waals surface area (Å²) >= 11 is 0. The van der Waals surface area contributed by atoms with Gasteiger partial charge in [-0.3, -0.25) is 9.56 Å². The van der Waals surface area contributed by atoms with E-state index in [0.29, 0.717) is 6.54 Å². The standard InChI is InChI=1S/C20H20N4/c1-14-22-23-18-13-21-19(15-7-6-11-20(2,3)12-10-15)16-8-4-5-9-17(16)24(14)18/h4-12H,13H2,1-3H3. The van der Waals surface area contributed by atoms with Gasteiger partial charge < -0.3 is 0 Å². The summed E-state index contributed by atoms with van der Waals surface area (Å²) in [5, 5.41) is 8.51. The van der Waals surface area contributed by atoms with Crippen molar-refractivity contribution in [2.24, 2.45) is 10.4 Å². The Hall–Kier alpha value is -2.75. The molecule has 1 aliphatic heterocycles. The van der Waals surface area contributed by atoms with Gasteiger partial charge in [0.15, 0.2) is 5.82 Å². The molecule has 4 heteroatoms. The zero-order valence-electron chi connectivity index (χ0n) is 14.2. The number of hydrogen-bond acceptors (Lipinski definition) is 3. The van der Waals surface area contributed by atoms with Gasteiger partial charge in [0.05, 0.1) is 11.4 Å². The molecule has 0 N–H and O–H groups in total. The normalized spacial score (nSPS) is 18.1. The number of aliphatic imine (C=N–C) groups is 1. The molecule has 24 heavy (non-hydrogen) atoms. The lowest BCUT2D eigenvalue weighted by Gasteiger charge is -2.14. The Morgan fingerprint density at radius 2 is 1.92 bits per heavy atom. The molecule has 0 radical (unpaired) electrons. The molecule has 0 unspecified atom stereocenters. The van der Waals surface area contributed by atoms with E-state index in [9.17, 15) is 0 Å². The molecule has 120 valence electrons. The quantitative estimate of drug-likeness (QED) is 0.799. The van der Waals surface area contributed by atoms with E-state index in [1.54, 1.807) is 0 Å². The molecule has 0 amide bonds. The van der Waals surface area contributed by atoms with Crippen LogP contribution in [0.5, 0.6) is 0 Å². The number of allylic oxidation sites excluding steroid dienone is 6. The van der Waals surface area contributed by atoms with Gasteiger partial charge in [-0.25, -0.2) is 0 Å². The summed E-state index contributed by atoms with van der Waals surface area (Å²) in [4.78, 5) is 4.87. The highest BCUT2D eigenvalue weighted by atomic mass is 15.3. The molecule has 2 heterocycles. The van der Waals surface area contributed by atoms with Gasteiger partial charge in [0.2, 0.25) is 0 Å². The molecule has 2 aromatic rings. The van der Waals surface area contributed by atoms with Crippen LogP contribution in [0.4, 0.5) is 0 Å².